The van der Waals surface area contributed by atoms with Crippen LogP contribution in [-0.4, -0.2) is 67.8 Å². The van der Waals surface area contributed by atoms with Crippen LogP contribution in [0.3, 0.4) is 0 Å². The number of thiophene rings is 1. The highest BCUT2D eigenvalue weighted by molar-refractivity contribution is 7.91. The molecule has 2 aliphatic rings. The first-order valence-electron chi connectivity index (χ1n) is 11.1. The Morgan fingerprint density at radius 3 is 2.52 bits per heavy atom. The maximum atomic E-state index is 13.4. The summed E-state index contributed by atoms with van der Waals surface area (Å²) in [5.41, 5.74) is 1.82. The summed E-state index contributed by atoms with van der Waals surface area (Å²) in [4.78, 5) is 4.75. The fraction of sp³-hybridized carbons (Fsp3) is 0.522. The Labute approximate surface area is 189 Å². The molecular formula is C23H30N4O2S2. The van der Waals surface area contributed by atoms with Crippen LogP contribution in [-0.2, 0) is 16.6 Å². The van der Waals surface area contributed by atoms with E-state index < -0.39 is 10.0 Å². The number of nitrogens with zero attached hydrogens (tertiary/aromatic N) is 4. The molecule has 3 heterocycles. The van der Waals surface area contributed by atoms with Crippen molar-refractivity contribution in [3.63, 3.8) is 0 Å². The highest BCUT2D eigenvalue weighted by Crippen LogP contribution is 2.27. The summed E-state index contributed by atoms with van der Waals surface area (Å²) in [5.74, 6) is 0. The molecular weight excluding hydrogens is 428 g/mol. The maximum Gasteiger partial charge on any atom is 0.252 e. The molecule has 2 saturated heterocycles. The summed E-state index contributed by atoms with van der Waals surface area (Å²) in [7, 11) is -3.46. The molecule has 31 heavy (non-hydrogen) atoms. The summed E-state index contributed by atoms with van der Waals surface area (Å²) < 4.78 is 29.1. The van der Waals surface area contributed by atoms with Gasteiger partial charge < -0.3 is 4.90 Å². The highest BCUT2D eigenvalue weighted by atomic mass is 32.2. The van der Waals surface area contributed by atoms with Gasteiger partial charge >= 0.3 is 0 Å². The molecule has 6 nitrogen and oxygen atoms in total. The molecule has 0 spiro atoms. The number of hydrogen-bond donors (Lipinski definition) is 0. The fourth-order valence-electron chi connectivity index (χ4n) is 4.63. The van der Waals surface area contributed by atoms with Crippen molar-refractivity contribution in [3.8, 4) is 6.07 Å². The average Bonchev–Trinajstić information content (AvgIpc) is 3.50. The van der Waals surface area contributed by atoms with Gasteiger partial charge in [-0.05, 0) is 67.9 Å². The second-order valence-electron chi connectivity index (χ2n) is 8.42. The Balaban J connectivity index is 1.42. The van der Waals surface area contributed by atoms with Crippen LogP contribution in [0.5, 0.6) is 0 Å². The second-order valence-corrected chi connectivity index (χ2v) is 11.5. The lowest BCUT2D eigenvalue weighted by atomic mass is 10.0. The van der Waals surface area contributed by atoms with Gasteiger partial charge in [-0.25, -0.2) is 8.42 Å². The Morgan fingerprint density at radius 2 is 1.84 bits per heavy atom. The molecule has 1 aromatic heterocycles. The summed E-state index contributed by atoms with van der Waals surface area (Å²) >= 11 is 1.31. The van der Waals surface area contributed by atoms with Crippen LogP contribution in [0, 0.1) is 11.3 Å². The van der Waals surface area contributed by atoms with E-state index in [0.717, 1.165) is 57.7 Å². The first-order chi connectivity index (χ1) is 15.1. The van der Waals surface area contributed by atoms with E-state index in [-0.39, 0.29) is 6.04 Å². The van der Waals surface area contributed by atoms with E-state index in [1.54, 1.807) is 10.4 Å². The third kappa shape index (κ3) is 5.54. The normalized spacial score (nSPS) is 19.1. The lowest BCUT2D eigenvalue weighted by Crippen LogP contribution is -2.49. The van der Waals surface area contributed by atoms with Crippen molar-refractivity contribution in [3.05, 3.63) is 52.9 Å². The smallest absolute Gasteiger partial charge is 0.252 e. The van der Waals surface area contributed by atoms with Gasteiger partial charge in [0.05, 0.1) is 11.6 Å². The molecule has 0 amide bonds. The number of rotatable bonds is 8. The first-order valence-corrected chi connectivity index (χ1v) is 13.4. The van der Waals surface area contributed by atoms with E-state index in [4.69, 9.17) is 5.26 Å². The molecule has 0 bridgehead atoms. The number of hydrogen-bond acceptors (Lipinski definition) is 6. The molecule has 0 aliphatic carbocycles. The third-order valence-electron chi connectivity index (χ3n) is 6.32. The SMILES string of the molecule is N#Cc1cccc(CN2CCC(N(CCN3CCCC3)S(=O)(=O)c3cccs3)CC2)c1. The maximum absolute atomic E-state index is 13.4. The minimum absolute atomic E-state index is 0.0383. The zero-order valence-electron chi connectivity index (χ0n) is 17.8. The minimum atomic E-state index is -3.46. The van der Waals surface area contributed by atoms with Gasteiger partial charge in [0.25, 0.3) is 10.0 Å². The van der Waals surface area contributed by atoms with Crippen LogP contribution in [0.1, 0.15) is 36.8 Å². The number of nitriles is 1. The highest BCUT2D eigenvalue weighted by Gasteiger charge is 2.34. The molecule has 1 aromatic carbocycles. The second kappa shape index (κ2) is 10.2. The Kier molecular flexibility index (Phi) is 7.41. The first kappa shape index (κ1) is 22.4. The molecule has 0 atom stereocenters. The van der Waals surface area contributed by atoms with E-state index in [2.05, 4.69) is 21.9 Å². The van der Waals surface area contributed by atoms with Crippen molar-refractivity contribution >= 4 is 21.4 Å². The lowest BCUT2D eigenvalue weighted by Gasteiger charge is -2.38. The Bertz CT molecular complexity index is 987. The standard InChI is InChI=1S/C23H30N4O2S2/c24-18-20-5-3-6-21(17-20)19-26-12-8-22(9-13-26)27(15-14-25-10-1-2-11-25)31(28,29)23-7-4-16-30-23/h3-7,16-17,22H,1-2,8-15,19H2. The molecule has 2 aliphatic heterocycles. The van der Waals surface area contributed by atoms with Crippen molar-refractivity contribution in [1.29, 1.82) is 5.26 Å². The van der Waals surface area contributed by atoms with Crippen molar-refractivity contribution < 1.29 is 8.42 Å². The largest absolute Gasteiger partial charge is 0.302 e. The van der Waals surface area contributed by atoms with E-state index >= 15 is 0 Å². The predicted molar refractivity (Wildman–Crippen MR) is 123 cm³/mol. The van der Waals surface area contributed by atoms with Gasteiger partial charge in [-0.1, -0.05) is 18.2 Å². The van der Waals surface area contributed by atoms with Crippen molar-refractivity contribution in [2.75, 3.05) is 39.3 Å². The summed E-state index contributed by atoms with van der Waals surface area (Å²) in [6.07, 6.45) is 4.09. The molecule has 8 heteroatoms. The monoisotopic (exact) mass is 458 g/mol. The van der Waals surface area contributed by atoms with E-state index in [0.29, 0.717) is 16.3 Å². The van der Waals surface area contributed by atoms with E-state index in [1.807, 2.05) is 29.6 Å². The lowest BCUT2D eigenvalue weighted by molar-refractivity contribution is 0.147. The van der Waals surface area contributed by atoms with Crippen molar-refractivity contribution in [2.24, 2.45) is 0 Å². The zero-order chi connectivity index (χ0) is 21.7. The van der Waals surface area contributed by atoms with Crippen LogP contribution >= 0.6 is 11.3 Å². The van der Waals surface area contributed by atoms with E-state index in [9.17, 15) is 8.42 Å². The topological polar surface area (TPSA) is 67.7 Å². The van der Waals surface area contributed by atoms with Crippen LogP contribution in [0.25, 0.3) is 0 Å². The van der Waals surface area contributed by atoms with Crippen LogP contribution in [0.15, 0.2) is 46.0 Å². The molecule has 0 unspecified atom stereocenters. The van der Waals surface area contributed by atoms with Gasteiger partial charge in [0.15, 0.2) is 0 Å². The average molecular weight is 459 g/mol. The molecule has 2 aromatic rings. The van der Waals surface area contributed by atoms with Crippen molar-refractivity contribution in [2.45, 2.75) is 42.5 Å². The molecule has 4 rings (SSSR count). The quantitative estimate of drug-likeness (QED) is 0.607. The van der Waals surface area contributed by atoms with Gasteiger partial charge in [0, 0.05) is 38.8 Å². The minimum Gasteiger partial charge on any atom is -0.302 e. The summed E-state index contributed by atoms with van der Waals surface area (Å²) in [5, 5.41) is 11.0. The van der Waals surface area contributed by atoms with Crippen LogP contribution in [0.4, 0.5) is 0 Å². The van der Waals surface area contributed by atoms with Gasteiger partial charge in [0.1, 0.15) is 4.21 Å². The van der Waals surface area contributed by atoms with Crippen LogP contribution in [0.2, 0.25) is 0 Å². The third-order valence-corrected chi connectivity index (χ3v) is 9.64. The van der Waals surface area contributed by atoms with Gasteiger partial charge in [0.2, 0.25) is 0 Å². The molecule has 166 valence electrons. The fourth-order valence-corrected chi connectivity index (χ4v) is 7.43. The van der Waals surface area contributed by atoms with Gasteiger partial charge in [-0.15, -0.1) is 11.3 Å². The molecule has 2 fully saturated rings. The number of likely N-dealkylation sites (tertiary alicyclic amines) is 2. The van der Waals surface area contributed by atoms with Gasteiger partial charge in [-0.2, -0.15) is 9.57 Å². The summed E-state index contributed by atoms with van der Waals surface area (Å²) in [6, 6.07) is 13.5. The van der Waals surface area contributed by atoms with Gasteiger partial charge in [-0.3, -0.25) is 4.90 Å². The van der Waals surface area contributed by atoms with Crippen molar-refractivity contribution in [1.82, 2.24) is 14.1 Å². The predicted octanol–water partition coefficient (Wildman–Crippen LogP) is 3.37. The molecule has 0 saturated carbocycles. The number of piperidine rings is 1. The number of sulfonamides is 1. The zero-order valence-corrected chi connectivity index (χ0v) is 19.5. The summed E-state index contributed by atoms with van der Waals surface area (Å²) in [6.45, 7) is 6.05. The van der Waals surface area contributed by atoms with Crippen LogP contribution < -0.4 is 0 Å². The van der Waals surface area contributed by atoms with E-state index in [1.165, 1.54) is 24.2 Å². The molecule has 0 radical (unpaired) electrons. The molecule has 0 N–H and O–H groups in total. The number of benzene rings is 1. The Morgan fingerprint density at radius 1 is 1.06 bits per heavy atom. The Hall–Kier alpha value is -1.76.